The zero-order chi connectivity index (χ0) is 27.8. The second-order valence-electron chi connectivity index (χ2n) is 9.05. The number of carboxylic acid groups (broad SMARTS) is 1. The Morgan fingerprint density at radius 1 is 1.00 bits per heavy atom. The standard InChI is InChI=1S/C27H30N6O6/c1-19-16-33(17-22(24(34)35)29-27(38)39-18-20-8-4-2-5-9-20)26(37)30-23(19)31-12-14-32(15-13-31)25(36)28-21-10-6-3-7-11-21/h2-11,16,22H,12-15,17-18H2,1H3,(H,28,36)(H,29,38)(H,34,35)/t22-/m0/s1. The highest BCUT2D eigenvalue weighted by Gasteiger charge is 2.25. The quantitative estimate of drug-likeness (QED) is 0.399. The topological polar surface area (TPSA) is 146 Å². The maximum atomic E-state index is 12.8. The van der Waals surface area contributed by atoms with Gasteiger partial charge in [0.1, 0.15) is 18.5 Å². The van der Waals surface area contributed by atoms with Gasteiger partial charge in [-0.05, 0) is 24.6 Å². The summed E-state index contributed by atoms with van der Waals surface area (Å²) in [4.78, 5) is 57.1. The van der Waals surface area contributed by atoms with Crippen molar-refractivity contribution in [1.82, 2.24) is 19.8 Å². The highest BCUT2D eigenvalue weighted by molar-refractivity contribution is 5.89. The van der Waals surface area contributed by atoms with E-state index in [1.54, 1.807) is 36.1 Å². The van der Waals surface area contributed by atoms with Gasteiger partial charge in [-0.2, -0.15) is 4.98 Å². The monoisotopic (exact) mass is 534 g/mol. The molecule has 2 aromatic carbocycles. The smallest absolute Gasteiger partial charge is 0.408 e. The van der Waals surface area contributed by atoms with E-state index in [4.69, 9.17) is 4.74 Å². The summed E-state index contributed by atoms with van der Waals surface area (Å²) >= 11 is 0. The zero-order valence-corrected chi connectivity index (χ0v) is 21.4. The van der Waals surface area contributed by atoms with Gasteiger partial charge in [0.2, 0.25) is 0 Å². The zero-order valence-electron chi connectivity index (χ0n) is 21.4. The average Bonchev–Trinajstić information content (AvgIpc) is 2.94. The predicted molar refractivity (Wildman–Crippen MR) is 144 cm³/mol. The minimum absolute atomic E-state index is 0.0184. The van der Waals surface area contributed by atoms with Crippen molar-refractivity contribution in [3.8, 4) is 0 Å². The summed E-state index contributed by atoms with van der Waals surface area (Å²) in [5.74, 6) is -0.841. The van der Waals surface area contributed by atoms with Crippen molar-refractivity contribution in [2.24, 2.45) is 0 Å². The number of alkyl carbamates (subject to hydrolysis) is 1. The van der Waals surface area contributed by atoms with E-state index in [-0.39, 0.29) is 19.2 Å². The summed E-state index contributed by atoms with van der Waals surface area (Å²) in [5.41, 5.74) is 1.48. The number of hydrogen-bond acceptors (Lipinski definition) is 7. The molecule has 3 N–H and O–H groups in total. The van der Waals surface area contributed by atoms with Crippen LogP contribution in [0.1, 0.15) is 11.1 Å². The fourth-order valence-corrected chi connectivity index (χ4v) is 4.18. The molecular weight excluding hydrogens is 504 g/mol. The predicted octanol–water partition coefficient (Wildman–Crippen LogP) is 2.29. The molecule has 204 valence electrons. The van der Waals surface area contributed by atoms with E-state index in [9.17, 15) is 24.3 Å². The molecule has 1 fully saturated rings. The number of nitrogens with zero attached hydrogens (tertiary/aromatic N) is 4. The number of piperazine rings is 1. The minimum Gasteiger partial charge on any atom is -0.480 e. The number of nitrogens with one attached hydrogen (secondary N) is 2. The number of urea groups is 1. The Morgan fingerprint density at radius 3 is 2.28 bits per heavy atom. The van der Waals surface area contributed by atoms with Crippen molar-refractivity contribution in [2.75, 3.05) is 36.4 Å². The summed E-state index contributed by atoms with van der Waals surface area (Å²) in [6.07, 6.45) is 0.612. The van der Waals surface area contributed by atoms with Crippen LogP contribution in [-0.4, -0.2) is 69.9 Å². The number of ether oxygens (including phenoxy) is 1. The summed E-state index contributed by atoms with van der Waals surface area (Å²) in [6, 6.07) is 16.6. The lowest BCUT2D eigenvalue weighted by molar-refractivity contribution is -0.139. The fraction of sp³-hybridized carbons (Fsp3) is 0.296. The van der Waals surface area contributed by atoms with Crippen LogP contribution in [0, 0.1) is 6.92 Å². The van der Waals surface area contributed by atoms with E-state index < -0.39 is 23.8 Å². The van der Waals surface area contributed by atoms with Gasteiger partial charge in [-0.1, -0.05) is 48.5 Å². The van der Waals surface area contributed by atoms with Gasteiger partial charge in [-0.25, -0.2) is 19.2 Å². The van der Waals surface area contributed by atoms with E-state index in [0.29, 0.717) is 43.2 Å². The van der Waals surface area contributed by atoms with Crippen LogP contribution < -0.4 is 21.2 Å². The number of carbonyl (C=O) groups excluding carboxylic acids is 2. The van der Waals surface area contributed by atoms with E-state index in [2.05, 4.69) is 15.6 Å². The molecule has 39 heavy (non-hydrogen) atoms. The number of rotatable bonds is 8. The molecule has 0 spiro atoms. The second-order valence-corrected chi connectivity index (χ2v) is 9.05. The van der Waals surface area contributed by atoms with Gasteiger partial charge in [0.15, 0.2) is 0 Å². The molecule has 4 rings (SSSR count). The maximum absolute atomic E-state index is 12.8. The second kappa shape index (κ2) is 12.6. The van der Waals surface area contributed by atoms with Gasteiger partial charge in [-0.15, -0.1) is 0 Å². The number of benzene rings is 2. The lowest BCUT2D eigenvalue weighted by atomic mass is 10.2. The molecule has 3 amide bonds. The van der Waals surface area contributed by atoms with Gasteiger partial charge in [0.25, 0.3) is 0 Å². The first-order valence-electron chi connectivity index (χ1n) is 12.4. The summed E-state index contributed by atoms with van der Waals surface area (Å²) in [6.45, 7) is 3.27. The number of hydrogen-bond donors (Lipinski definition) is 3. The largest absolute Gasteiger partial charge is 0.480 e. The van der Waals surface area contributed by atoms with Gasteiger partial charge < -0.3 is 30.3 Å². The van der Waals surface area contributed by atoms with Crippen LogP contribution in [0.3, 0.4) is 0 Å². The van der Waals surface area contributed by atoms with E-state index >= 15 is 0 Å². The van der Waals surface area contributed by atoms with Crippen LogP contribution in [-0.2, 0) is 22.7 Å². The molecular formula is C27H30N6O6. The molecule has 3 aromatic rings. The summed E-state index contributed by atoms with van der Waals surface area (Å²) in [7, 11) is 0. The number of aryl methyl sites for hydroxylation is 1. The average molecular weight is 535 g/mol. The third kappa shape index (κ3) is 7.34. The Bertz CT molecular complexity index is 1360. The lowest BCUT2D eigenvalue weighted by Crippen LogP contribution is -2.51. The van der Waals surface area contributed by atoms with Crippen molar-refractivity contribution in [3.63, 3.8) is 0 Å². The Hall–Kier alpha value is -4.87. The number of aliphatic carboxylic acids is 1. The van der Waals surface area contributed by atoms with Gasteiger partial charge in [0.05, 0.1) is 6.54 Å². The molecule has 0 radical (unpaired) electrons. The van der Waals surface area contributed by atoms with Gasteiger partial charge >= 0.3 is 23.8 Å². The van der Waals surface area contributed by atoms with E-state index in [1.165, 1.54) is 6.20 Å². The third-order valence-electron chi connectivity index (χ3n) is 6.22. The first-order valence-corrected chi connectivity index (χ1v) is 12.4. The Labute approximate surface area is 224 Å². The molecule has 0 bridgehead atoms. The number of carboxylic acids is 1. The van der Waals surface area contributed by atoms with Gasteiger partial charge in [-0.3, -0.25) is 4.57 Å². The van der Waals surface area contributed by atoms with Crippen molar-refractivity contribution >= 4 is 29.6 Å². The van der Waals surface area contributed by atoms with Crippen LogP contribution in [0.25, 0.3) is 0 Å². The number of aromatic nitrogens is 2. The Morgan fingerprint density at radius 2 is 1.64 bits per heavy atom. The molecule has 0 saturated carbocycles. The molecule has 1 atom stereocenters. The Kier molecular flexibility index (Phi) is 8.77. The molecule has 12 heteroatoms. The first kappa shape index (κ1) is 27.2. The third-order valence-corrected chi connectivity index (χ3v) is 6.22. The molecule has 1 aliphatic rings. The van der Waals surface area contributed by atoms with Crippen LogP contribution in [0.4, 0.5) is 21.1 Å². The SMILES string of the molecule is Cc1cn(C[C@H](NC(=O)OCc2ccccc2)C(=O)O)c(=O)nc1N1CCN(C(=O)Nc2ccccc2)CC1. The van der Waals surface area contributed by atoms with Crippen molar-refractivity contribution in [2.45, 2.75) is 26.1 Å². The summed E-state index contributed by atoms with van der Waals surface area (Å²) in [5, 5.41) is 14.8. The normalized spacial score (nSPS) is 13.9. The number of anilines is 2. The molecule has 2 heterocycles. The first-order chi connectivity index (χ1) is 18.8. The van der Waals surface area contributed by atoms with Crippen molar-refractivity contribution in [3.05, 3.63) is 88.5 Å². The lowest BCUT2D eigenvalue weighted by Gasteiger charge is -2.36. The van der Waals surface area contributed by atoms with Crippen LogP contribution in [0.15, 0.2) is 71.7 Å². The maximum Gasteiger partial charge on any atom is 0.408 e. The van der Waals surface area contributed by atoms with Crippen LogP contribution in [0.2, 0.25) is 0 Å². The Balaban J connectivity index is 1.34. The van der Waals surface area contributed by atoms with Crippen LogP contribution >= 0.6 is 0 Å². The van der Waals surface area contributed by atoms with Crippen molar-refractivity contribution < 1.29 is 24.2 Å². The molecule has 0 aliphatic carbocycles. The molecule has 0 unspecified atom stereocenters. The minimum atomic E-state index is -1.40. The molecule has 1 aliphatic heterocycles. The summed E-state index contributed by atoms with van der Waals surface area (Å²) < 4.78 is 6.25. The highest BCUT2D eigenvalue weighted by Crippen LogP contribution is 2.18. The van der Waals surface area contributed by atoms with E-state index in [1.807, 2.05) is 41.3 Å². The molecule has 1 saturated heterocycles. The van der Waals surface area contributed by atoms with E-state index in [0.717, 1.165) is 10.1 Å². The van der Waals surface area contributed by atoms with Crippen LogP contribution in [0.5, 0.6) is 0 Å². The van der Waals surface area contributed by atoms with Crippen molar-refractivity contribution in [1.29, 1.82) is 0 Å². The molecule has 1 aromatic heterocycles. The fourth-order valence-electron chi connectivity index (χ4n) is 4.18. The number of para-hydroxylation sites is 1. The highest BCUT2D eigenvalue weighted by atomic mass is 16.5. The molecule has 12 nitrogen and oxygen atoms in total. The van der Waals surface area contributed by atoms with Gasteiger partial charge in [0, 0.05) is 43.6 Å². The number of carbonyl (C=O) groups is 3. The number of amides is 3.